The van der Waals surface area contributed by atoms with Gasteiger partial charge in [-0.2, -0.15) is 0 Å². The van der Waals surface area contributed by atoms with E-state index in [0.717, 1.165) is 53.7 Å². The maximum Gasteiger partial charge on any atom is 0.253 e. The Morgan fingerprint density at radius 2 is 1.64 bits per heavy atom. The Morgan fingerprint density at radius 3 is 2.50 bits per heavy atom. The Kier molecular flexibility index (Phi) is 6.15. The normalized spacial score (nSPS) is 17.9. The van der Waals surface area contributed by atoms with Crippen LogP contribution in [0.4, 0.5) is 0 Å². The molecule has 2 aliphatic heterocycles. The first-order valence-electron chi connectivity index (χ1n) is 14.0. The Hall–Kier alpha value is -4.34. The topological polar surface area (TPSA) is 81.0 Å². The SMILES string of the molecule is O=C(c1ccc(-c2nnc(Sc3nc4ccccc4s3)c3ccccc23)cc1)N1CC2CC(C1)c1cccc(=O)n1C2. The number of carbonyl (C=O) groups is 1. The second kappa shape index (κ2) is 10.2. The van der Waals surface area contributed by atoms with Gasteiger partial charge in [-0.1, -0.05) is 54.6 Å². The van der Waals surface area contributed by atoms with Crippen molar-refractivity contribution in [3.8, 4) is 11.3 Å². The van der Waals surface area contributed by atoms with Gasteiger partial charge < -0.3 is 9.47 Å². The van der Waals surface area contributed by atoms with Crippen molar-refractivity contribution < 1.29 is 4.79 Å². The molecule has 0 radical (unpaired) electrons. The summed E-state index contributed by atoms with van der Waals surface area (Å²) in [5.74, 6) is 0.511. The number of amides is 1. The lowest BCUT2D eigenvalue weighted by Crippen LogP contribution is -2.49. The lowest BCUT2D eigenvalue weighted by molar-refractivity contribution is 0.0594. The molecule has 206 valence electrons. The molecule has 2 aliphatic rings. The zero-order valence-corrected chi connectivity index (χ0v) is 24.1. The average Bonchev–Trinajstić information content (AvgIpc) is 3.44. The Balaban J connectivity index is 1.05. The van der Waals surface area contributed by atoms with Gasteiger partial charge in [0.2, 0.25) is 0 Å². The Labute approximate surface area is 249 Å². The summed E-state index contributed by atoms with van der Waals surface area (Å²) in [4.78, 5) is 32.7. The summed E-state index contributed by atoms with van der Waals surface area (Å²) in [6, 6.07) is 29.5. The number of aromatic nitrogens is 4. The molecule has 1 amide bonds. The van der Waals surface area contributed by atoms with E-state index in [1.807, 2.05) is 76.2 Å². The van der Waals surface area contributed by atoms with Gasteiger partial charge >= 0.3 is 0 Å². The van der Waals surface area contributed by atoms with Crippen LogP contribution in [0.25, 0.3) is 32.2 Å². The summed E-state index contributed by atoms with van der Waals surface area (Å²) in [6.07, 6.45) is 1.02. The molecular formula is C33H25N5O2S2. The van der Waals surface area contributed by atoms with Crippen molar-refractivity contribution in [1.82, 2.24) is 24.6 Å². The van der Waals surface area contributed by atoms with Crippen LogP contribution in [-0.4, -0.2) is 43.6 Å². The fraction of sp³-hybridized carbons (Fsp3) is 0.182. The third-order valence-electron chi connectivity index (χ3n) is 8.28. The molecule has 42 heavy (non-hydrogen) atoms. The molecule has 0 saturated carbocycles. The van der Waals surface area contributed by atoms with Crippen molar-refractivity contribution in [2.24, 2.45) is 5.92 Å². The summed E-state index contributed by atoms with van der Waals surface area (Å²) >= 11 is 3.19. The maximum atomic E-state index is 13.6. The molecule has 8 rings (SSSR count). The van der Waals surface area contributed by atoms with Crippen LogP contribution in [0, 0.1) is 5.92 Å². The van der Waals surface area contributed by atoms with E-state index in [-0.39, 0.29) is 17.4 Å². The lowest BCUT2D eigenvalue weighted by Gasteiger charge is -2.42. The van der Waals surface area contributed by atoms with Gasteiger partial charge in [0, 0.05) is 59.2 Å². The molecule has 1 fully saturated rings. The van der Waals surface area contributed by atoms with E-state index < -0.39 is 0 Å². The first kappa shape index (κ1) is 25.4. The van der Waals surface area contributed by atoms with Crippen LogP contribution in [-0.2, 0) is 6.54 Å². The highest BCUT2D eigenvalue weighted by Gasteiger charge is 2.36. The predicted octanol–water partition coefficient (Wildman–Crippen LogP) is 6.48. The standard InChI is InChI=1S/C33H25N5O2S2/c39-29-11-5-9-27-23-16-20(18-38(27)29)17-37(19-23)32(40)22-14-12-21(13-15-22)30-24-6-1-2-7-25(24)31(36-35-30)42-33-34-26-8-3-4-10-28(26)41-33/h1-15,20,23H,16-19H2. The number of likely N-dealkylation sites (tertiary alicyclic amines) is 1. The molecule has 2 bridgehead atoms. The lowest BCUT2D eigenvalue weighted by atomic mass is 9.83. The van der Waals surface area contributed by atoms with E-state index >= 15 is 0 Å². The largest absolute Gasteiger partial charge is 0.338 e. The zero-order chi connectivity index (χ0) is 28.2. The molecule has 5 heterocycles. The van der Waals surface area contributed by atoms with Gasteiger partial charge in [-0.25, -0.2) is 4.98 Å². The van der Waals surface area contributed by atoms with Crippen molar-refractivity contribution in [3.63, 3.8) is 0 Å². The molecule has 6 aromatic rings. The van der Waals surface area contributed by atoms with Crippen molar-refractivity contribution >= 4 is 50.0 Å². The van der Waals surface area contributed by atoms with Gasteiger partial charge in [0.1, 0.15) is 10.7 Å². The number of thiazole rings is 1. The Bertz CT molecular complexity index is 2020. The van der Waals surface area contributed by atoms with Gasteiger partial charge in [0.05, 0.1) is 10.2 Å². The summed E-state index contributed by atoms with van der Waals surface area (Å²) < 4.78 is 3.98. The van der Waals surface area contributed by atoms with Crippen LogP contribution in [0.15, 0.2) is 105 Å². The number of rotatable bonds is 4. The number of fused-ring (bicyclic) bond motifs is 6. The first-order chi connectivity index (χ1) is 20.6. The monoisotopic (exact) mass is 587 g/mol. The highest BCUT2D eigenvalue weighted by Crippen LogP contribution is 2.39. The summed E-state index contributed by atoms with van der Waals surface area (Å²) in [6.45, 7) is 1.97. The average molecular weight is 588 g/mol. The van der Waals surface area contributed by atoms with Crippen LogP contribution in [0.1, 0.15) is 28.4 Å². The minimum absolute atomic E-state index is 0.0292. The molecule has 3 aromatic heterocycles. The number of hydrogen-bond donors (Lipinski definition) is 0. The van der Waals surface area contributed by atoms with Crippen molar-refractivity contribution in [2.75, 3.05) is 13.1 Å². The Morgan fingerprint density at radius 1 is 0.833 bits per heavy atom. The number of carbonyl (C=O) groups excluding carboxylic acids is 1. The highest BCUT2D eigenvalue weighted by atomic mass is 32.2. The van der Waals surface area contributed by atoms with E-state index in [4.69, 9.17) is 4.98 Å². The van der Waals surface area contributed by atoms with E-state index in [1.54, 1.807) is 17.4 Å². The second-order valence-electron chi connectivity index (χ2n) is 10.9. The van der Waals surface area contributed by atoms with Crippen molar-refractivity contribution in [1.29, 1.82) is 0 Å². The molecular weight excluding hydrogens is 563 g/mol. The third-order valence-corrected chi connectivity index (χ3v) is 10.4. The fourth-order valence-corrected chi connectivity index (χ4v) is 8.41. The molecule has 0 N–H and O–H groups in total. The maximum absolute atomic E-state index is 13.6. The summed E-state index contributed by atoms with van der Waals surface area (Å²) in [5, 5.41) is 12.1. The van der Waals surface area contributed by atoms with Crippen LogP contribution in [0.3, 0.4) is 0 Å². The van der Waals surface area contributed by atoms with Gasteiger partial charge in [-0.05, 0) is 54.4 Å². The second-order valence-corrected chi connectivity index (χ2v) is 13.2. The molecule has 2 atom stereocenters. The smallest absolute Gasteiger partial charge is 0.253 e. The van der Waals surface area contributed by atoms with E-state index in [2.05, 4.69) is 28.4 Å². The number of benzene rings is 3. The molecule has 3 aromatic carbocycles. The number of piperidine rings is 1. The van der Waals surface area contributed by atoms with E-state index in [1.165, 1.54) is 11.8 Å². The number of para-hydroxylation sites is 1. The molecule has 0 aliphatic carbocycles. The van der Waals surface area contributed by atoms with Crippen molar-refractivity contribution in [3.05, 3.63) is 113 Å². The van der Waals surface area contributed by atoms with Crippen LogP contribution >= 0.6 is 23.1 Å². The number of hydrogen-bond acceptors (Lipinski definition) is 7. The summed E-state index contributed by atoms with van der Waals surface area (Å²) in [5.41, 5.74) is 4.44. The first-order valence-corrected chi connectivity index (χ1v) is 15.6. The number of nitrogens with zero attached hydrogens (tertiary/aromatic N) is 5. The van der Waals surface area contributed by atoms with E-state index in [9.17, 15) is 9.59 Å². The van der Waals surface area contributed by atoms with Crippen LogP contribution in [0.2, 0.25) is 0 Å². The molecule has 7 nitrogen and oxygen atoms in total. The summed E-state index contributed by atoms with van der Waals surface area (Å²) in [7, 11) is 0. The fourth-order valence-electron chi connectivity index (χ4n) is 6.36. The highest BCUT2D eigenvalue weighted by molar-refractivity contribution is 8.01. The van der Waals surface area contributed by atoms with Crippen LogP contribution in [0.5, 0.6) is 0 Å². The van der Waals surface area contributed by atoms with Crippen molar-refractivity contribution in [2.45, 2.75) is 28.2 Å². The third kappa shape index (κ3) is 4.40. The van der Waals surface area contributed by atoms with Gasteiger partial charge in [-0.3, -0.25) is 9.59 Å². The quantitative estimate of drug-likeness (QED) is 0.235. The number of pyridine rings is 1. The molecule has 9 heteroatoms. The molecule has 2 unspecified atom stereocenters. The minimum Gasteiger partial charge on any atom is -0.338 e. The van der Waals surface area contributed by atoms with E-state index in [0.29, 0.717) is 31.1 Å². The predicted molar refractivity (Wildman–Crippen MR) is 166 cm³/mol. The van der Waals surface area contributed by atoms with Gasteiger partial charge in [0.15, 0.2) is 4.34 Å². The molecule has 0 spiro atoms. The van der Waals surface area contributed by atoms with Gasteiger partial charge in [-0.15, -0.1) is 21.5 Å². The van der Waals surface area contributed by atoms with Gasteiger partial charge in [0.25, 0.3) is 11.5 Å². The van der Waals surface area contributed by atoms with Crippen LogP contribution < -0.4 is 5.56 Å². The molecule has 1 saturated heterocycles. The zero-order valence-electron chi connectivity index (χ0n) is 22.5. The minimum atomic E-state index is 0.0292.